The molecule has 7 heteroatoms. The summed E-state index contributed by atoms with van der Waals surface area (Å²) in [7, 11) is 0. The van der Waals surface area contributed by atoms with Crippen LogP contribution in [0.15, 0.2) is 6.07 Å². The van der Waals surface area contributed by atoms with Gasteiger partial charge >= 0.3 is 5.97 Å². The maximum absolute atomic E-state index is 10.9. The first-order chi connectivity index (χ1) is 8.61. The predicted molar refractivity (Wildman–Crippen MR) is 66.2 cm³/mol. The van der Waals surface area contributed by atoms with Gasteiger partial charge in [0, 0.05) is 12.6 Å². The highest BCUT2D eigenvalue weighted by Crippen LogP contribution is 2.21. The molecule has 1 N–H and O–H groups in total. The zero-order valence-electron chi connectivity index (χ0n) is 9.97. The number of carboxylic acid groups (broad SMARTS) is 1. The second kappa shape index (κ2) is 5.49. The molecule has 1 aromatic rings. The van der Waals surface area contributed by atoms with Crippen molar-refractivity contribution in [2.45, 2.75) is 19.4 Å². The summed E-state index contributed by atoms with van der Waals surface area (Å²) in [5.74, 6) is -0.565. The van der Waals surface area contributed by atoms with E-state index in [4.69, 9.17) is 21.4 Å². The average Bonchev–Trinajstić information content (AvgIpc) is 2.38. The minimum atomic E-state index is -1.11. The Balaban J connectivity index is 2.33. The van der Waals surface area contributed by atoms with E-state index in [-0.39, 0.29) is 17.0 Å². The van der Waals surface area contributed by atoms with E-state index in [0.29, 0.717) is 25.6 Å². The Morgan fingerprint density at radius 3 is 3.11 bits per heavy atom. The highest BCUT2D eigenvalue weighted by Gasteiger charge is 2.24. The molecule has 0 saturated carbocycles. The van der Waals surface area contributed by atoms with Gasteiger partial charge in [0.1, 0.15) is 5.82 Å². The Morgan fingerprint density at radius 2 is 2.44 bits per heavy atom. The predicted octanol–water partition coefficient (Wildman–Crippen LogP) is 1.44. The van der Waals surface area contributed by atoms with Crippen LogP contribution in [-0.2, 0) is 4.74 Å². The first-order valence-corrected chi connectivity index (χ1v) is 6.12. The quantitative estimate of drug-likeness (QED) is 0.839. The second-order valence-corrected chi connectivity index (χ2v) is 4.35. The SMILES string of the molecule is CCC1COCCN1c1cc(C(=O)O)nc(Cl)n1. The monoisotopic (exact) mass is 271 g/mol. The fourth-order valence-electron chi connectivity index (χ4n) is 1.96. The molecule has 2 heterocycles. The number of aromatic carboxylic acids is 1. The lowest BCUT2D eigenvalue weighted by atomic mass is 10.1. The maximum atomic E-state index is 10.9. The van der Waals surface area contributed by atoms with Crippen molar-refractivity contribution < 1.29 is 14.6 Å². The molecule has 1 saturated heterocycles. The van der Waals surface area contributed by atoms with Gasteiger partial charge in [0.25, 0.3) is 0 Å². The number of hydrogen-bond donors (Lipinski definition) is 1. The first kappa shape index (κ1) is 13.0. The van der Waals surface area contributed by atoms with Crippen LogP contribution in [-0.4, -0.2) is 46.8 Å². The third-order valence-electron chi connectivity index (χ3n) is 2.90. The van der Waals surface area contributed by atoms with Crippen molar-refractivity contribution in [3.63, 3.8) is 0 Å². The van der Waals surface area contributed by atoms with Crippen LogP contribution in [0.2, 0.25) is 5.28 Å². The van der Waals surface area contributed by atoms with Crippen molar-refractivity contribution in [2.24, 2.45) is 0 Å². The van der Waals surface area contributed by atoms with Crippen molar-refractivity contribution >= 4 is 23.4 Å². The van der Waals surface area contributed by atoms with Crippen LogP contribution in [0.5, 0.6) is 0 Å². The molecule has 0 bridgehead atoms. The number of ether oxygens (including phenoxy) is 1. The second-order valence-electron chi connectivity index (χ2n) is 4.02. The van der Waals surface area contributed by atoms with E-state index < -0.39 is 5.97 Å². The molecule has 1 atom stereocenters. The summed E-state index contributed by atoms with van der Waals surface area (Å²) in [5, 5.41) is 8.91. The zero-order chi connectivity index (χ0) is 13.1. The van der Waals surface area contributed by atoms with Gasteiger partial charge in [0.05, 0.1) is 19.3 Å². The van der Waals surface area contributed by atoms with Crippen LogP contribution in [0.3, 0.4) is 0 Å². The molecule has 0 aromatic carbocycles. The van der Waals surface area contributed by atoms with Crippen LogP contribution >= 0.6 is 11.6 Å². The third-order valence-corrected chi connectivity index (χ3v) is 3.07. The van der Waals surface area contributed by atoms with Gasteiger partial charge in [-0.2, -0.15) is 0 Å². The lowest BCUT2D eigenvalue weighted by molar-refractivity contribution is 0.0690. The Kier molecular flexibility index (Phi) is 3.98. The molecule has 1 aromatic heterocycles. The van der Waals surface area contributed by atoms with Crippen molar-refractivity contribution in [1.82, 2.24) is 9.97 Å². The van der Waals surface area contributed by atoms with Crippen molar-refractivity contribution in [3.05, 3.63) is 17.0 Å². The summed E-state index contributed by atoms with van der Waals surface area (Å²) in [6, 6.07) is 1.63. The topological polar surface area (TPSA) is 75.5 Å². The highest BCUT2D eigenvalue weighted by molar-refractivity contribution is 6.28. The van der Waals surface area contributed by atoms with Crippen LogP contribution in [0.25, 0.3) is 0 Å². The van der Waals surface area contributed by atoms with E-state index in [1.807, 2.05) is 11.8 Å². The number of halogens is 1. The van der Waals surface area contributed by atoms with Gasteiger partial charge in [-0.05, 0) is 18.0 Å². The summed E-state index contributed by atoms with van der Waals surface area (Å²) in [4.78, 5) is 20.7. The standard InChI is InChI=1S/C11H14ClN3O3/c1-2-7-6-18-4-3-15(7)9-5-8(10(16)17)13-11(12)14-9/h5,7H,2-4,6H2,1H3,(H,16,17). The Labute approximate surface area is 110 Å². The largest absolute Gasteiger partial charge is 0.477 e. The average molecular weight is 272 g/mol. The molecule has 18 heavy (non-hydrogen) atoms. The summed E-state index contributed by atoms with van der Waals surface area (Å²) in [6.45, 7) is 3.93. The third kappa shape index (κ3) is 2.70. The molecule has 0 spiro atoms. The maximum Gasteiger partial charge on any atom is 0.354 e. The number of rotatable bonds is 3. The molecular formula is C11H14ClN3O3. The summed E-state index contributed by atoms with van der Waals surface area (Å²) < 4.78 is 5.40. The molecule has 1 aliphatic heterocycles. The van der Waals surface area contributed by atoms with Crippen LogP contribution in [0, 0.1) is 0 Å². The molecule has 98 valence electrons. The van der Waals surface area contributed by atoms with E-state index >= 15 is 0 Å². The van der Waals surface area contributed by atoms with E-state index in [9.17, 15) is 4.79 Å². The smallest absolute Gasteiger partial charge is 0.354 e. The highest BCUT2D eigenvalue weighted by atomic mass is 35.5. The zero-order valence-corrected chi connectivity index (χ0v) is 10.7. The van der Waals surface area contributed by atoms with Crippen LogP contribution in [0.4, 0.5) is 5.82 Å². The van der Waals surface area contributed by atoms with Crippen molar-refractivity contribution in [1.29, 1.82) is 0 Å². The molecule has 1 unspecified atom stereocenters. The number of aromatic nitrogens is 2. The van der Waals surface area contributed by atoms with E-state index in [0.717, 1.165) is 6.42 Å². The molecular weight excluding hydrogens is 258 g/mol. The summed E-state index contributed by atoms with van der Waals surface area (Å²) in [6.07, 6.45) is 0.893. The Morgan fingerprint density at radius 1 is 1.67 bits per heavy atom. The molecule has 0 amide bonds. The lowest BCUT2D eigenvalue weighted by Gasteiger charge is -2.36. The lowest BCUT2D eigenvalue weighted by Crippen LogP contribution is -2.45. The fourth-order valence-corrected chi connectivity index (χ4v) is 2.13. The van der Waals surface area contributed by atoms with E-state index in [1.54, 1.807) is 0 Å². The van der Waals surface area contributed by atoms with Gasteiger partial charge in [-0.3, -0.25) is 0 Å². The molecule has 1 aliphatic rings. The Hall–Kier alpha value is -1.40. The van der Waals surface area contributed by atoms with Crippen molar-refractivity contribution in [3.8, 4) is 0 Å². The van der Waals surface area contributed by atoms with Crippen molar-refractivity contribution in [2.75, 3.05) is 24.7 Å². The number of morpholine rings is 1. The van der Waals surface area contributed by atoms with Gasteiger partial charge in [0.2, 0.25) is 5.28 Å². The van der Waals surface area contributed by atoms with Gasteiger partial charge in [-0.25, -0.2) is 14.8 Å². The number of hydrogen-bond acceptors (Lipinski definition) is 5. The van der Waals surface area contributed by atoms with Crippen LogP contribution in [0.1, 0.15) is 23.8 Å². The summed E-state index contributed by atoms with van der Waals surface area (Å²) in [5.41, 5.74) is -0.0913. The van der Waals surface area contributed by atoms with E-state index in [1.165, 1.54) is 6.07 Å². The number of carbonyl (C=O) groups is 1. The van der Waals surface area contributed by atoms with Gasteiger partial charge < -0.3 is 14.7 Å². The number of nitrogens with zero attached hydrogens (tertiary/aromatic N) is 3. The van der Waals surface area contributed by atoms with Gasteiger partial charge in [-0.15, -0.1) is 0 Å². The minimum Gasteiger partial charge on any atom is -0.477 e. The molecule has 1 fully saturated rings. The Bertz CT molecular complexity index is 455. The van der Waals surface area contributed by atoms with E-state index in [2.05, 4.69) is 9.97 Å². The fraction of sp³-hybridized carbons (Fsp3) is 0.545. The van der Waals surface area contributed by atoms with Gasteiger partial charge in [-0.1, -0.05) is 6.92 Å². The summed E-state index contributed by atoms with van der Waals surface area (Å²) >= 11 is 5.76. The molecule has 6 nitrogen and oxygen atoms in total. The molecule has 0 aliphatic carbocycles. The normalized spacial score (nSPS) is 19.9. The van der Waals surface area contributed by atoms with Crippen LogP contribution < -0.4 is 4.90 Å². The molecule has 2 rings (SSSR count). The number of carboxylic acids is 1. The van der Waals surface area contributed by atoms with Gasteiger partial charge in [0.15, 0.2) is 5.69 Å². The number of anilines is 1. The minimum absolute atomic E-state index is 0.0498. The molecule has 0 radical (unpaired) electrons. The first-order valence-electron chi connectivity index (χ1n) is 5.74.